The van der Waals surface area contributed by atoms with Crippen LogP contribution >= 0.6 is 0 Å². The van der Waals surface area contributed by atoms with E-state index < -0.39 is 11.7 Å². The van der Waals surface area contributed by atoms with Gasteiger partial charge in [-0.05, 0) is 57.9 Å². The van der Waals surface area contributed by atoms with Gasteiger partial charge in [-0.15, -0.1) is 0 Å². The number of hydrogen-bond acceptors (Lipinski definition) is 3. The van der Waals surface area contributed by atoms with E-state index in [-0.39, 0.29) is 0 Å². The van der Waals surface area contributed by atoms with Crippen LogP contribution in [0.3, 0.4) is 0 Å². The number of hydrogen-bond donors (Lipinski definition) is 2. The van der Waals surface area contributed by atoms with Gasteiger partial charge in [0.15, 0.2) is 0 Å². The number of benzene rings is 1. The van der Waals surface area contributed by atoms with Crippen LogP contribution in [0.5, 0.6) is 0 Å². The molecular formula is C16H24N2O2. The van der Waals surface area contributed by atoms with Crippen molar-refractivity contribution >= 4 is 11.8 Å². The van der Waals surface area contributed by atoms with Crippen LogP contribution in [0.1, 0.15) is 51.6 Å². The first-order chi connectivity index (χ1) is 9.44. The third-order valence-electron chi connectivity index (χ3n) is 3.24. The van der Waals surface area contributed by atoms with E-state index in [1.807, 2.05) is 39.0 Å². The Bertz CT molecular complexity index is 460. The van der Waals surface area contributed by atoms with Crippen molar-refractivity contribution in [3.05, 3.63) is 29.8 Å². The van der Waals surface area contributed by atoms with Crippen molar-refractivity contribution in [2.45, 2.75) is 51.7 Å². The maximum atomic E-state index is 11.8. The summed E-state index contributed by atoms with van der Waals surface area (Å²) in [5.74, 6) is 0. The molecule has 2 rings (SSSR count). The molecule has 1 saturated heterocycles. The first kappa shape index (κ1) is 14.9. The molecule has 0 radical (unpaired) electrons. The number of carbonyl (C=O) groups excluding carboxylic acids is 1. The fourth-order valence-corrected chi connectivity index (χ4v) is 2.39. The maximum Gasteiger partial charge on any atom is 0.412 e. The van der Waals surface area contributed by atoms with Crippen molar-refractivity contribution in [3.63, 3.8) is 0 Å². The van der Waals surface area contributed by atoms with Crippen LogP contribution in [0.15, 0.2) is 24.3 Å². The second kappa shape index (κ2) is 6.27. The lowest BCUT2D eigenvalue weighted by atomic mass is 9.97. The Morgan fingerprint density at radius 2 is 2.15 bits per heavy atom. The predicted octanol–water partition coefficient (Wildman–Crippen LogP) is 3.85. The van der Waals surface area contributed by atoms with Crippen LogP contribution in [0, 0.1) is 0 Å². The van der Waals surface area contributed by atoms with E-state index in [2.05, 4.69) is 16.7 Å². The highest BCUT2D eigenvalue weighted by Crippen LogP contribution is 2.25. The monoisotopic (exact) mass is 276 g/mol. The largest absolute Gasteiger partial charge is 0.444 e. The summed E-state index contributed by atoms with van der Waals surface area (Å²) < 4.78 is 5.26. The molecule has 1 amide bonds. The minimum Gasteiger partial charge on any atom is -0.444 e. The van der Waals surface area contributed by atoms with Crippen molar-refractivity contribution in [3.8, 4) is 0 Å². The molecule has 0 aromatic heterocycles. The Hall–Kier alpha value is -1.55. The van der Waals surface area contributed by atoms with E-state index in [9.17, 15) is 4.79 Å². The number of piperidine rings is 1. The summed E-state index contributed by atoms with van der Waals surface area (Å²) in [6, 6.07) is 8.37. The van der Waals surface area contributed by atoms with Gasteiger partial charge in [-0.3, -0.25) is 5.32 Å². The molecule has 1 fully saturated rings. The van der Waals surface area contributed by atoms with Crippen LogP contribution in [-0.4, -0.2) is 18.2 Å². The number of carbonyl (C=O) groups is 1. The minimum absolute atomic E-state index is 0.393. The Morgan fingerprint density at radius 3 is 2.80 bits per heavy atom. The third-order valence-corrected chi connectivity index (χ3v) is 3.24. The third kappa shape index (κ3) is 4.53. The fraction of sp³-hybridized carbons (Fsp3) is 0.562. The SMILES string of the molecule is CC(C)(C)OC(=O)Nc1cccc(C2CCCCN2)c1. The lowest BCUT2D eigenvalue weighted by Gasteiger charge is -2.24. The van der Waals surface area contributed by atoms with Gasteiger partial charge in [-0.25, -0.2) is 4.79 Å². The topological polar surface area (TPSA) is 50.4 Å². The van der Waals surface area contributed by atoms with Crippen molar-refractivity contribution < 1.29 is 9.53 Å². The summed E-state index contributed by atoms with van der Waals surface area (Å²) in [4.78, 5) is 11.8. The highest BCUT2D eigenvalue weighted by atomic mass is 16.6. The molecule has 4 nitrogen and oxygen atoms in total. The molecule has 1 heterocycles. The van der Waals surface area contributed by atoms with E-state index in [4.69, 9.17) is 4.74 Å². The summed E-state index contributed by atoms with van der Waals surface area (Å²) in [5.41, 5.74) is 1.52. The second-order valence-electron chi connectivity index (χ2n) is 6.25. The molecule has 4 heteroatoms. The van der Waals surface area contributed by atoms with Gasteiger partial charge in [-0.1, -0.05) is 18.6 Å². The van der Waals surface area contributed by atoms with Gasteiger partial charge in [0.2, 0.25) is 0 Å². The summed E-state index contributed by atoms with van der Waals surface area (Å²) in [5, 5.41) is 6.30. The first-order valence-corrected chi connectivity index (χ1v) is 7.27. The van der Waals surface area contributed by atoms with E-state index in [1.54, 1.807) is 0 Å². The highest BCUT2D eigenvalue weighted by molar-refractivity contribution is 5.84. The molecule has 0 spiro atoms. The normalized spacial score (nSPS) is 19.4. The van der Waals surface area contributed by atoms with Crippen molar-refractivity contribution in [1.29, 1.82) is 0 Å². The lowest BCUT2D eigenvalue weighted by molar-refractivity contribution is 0.0636. The smallest absolute Gasteiger partial charge is 0.412 e. The average molecular weight is 276 g/mol. The summed E-state index contributed by atoms with van der Waals surface area (Å²) in [7, 11) is 0. The molecule has 0 saturated carbocycles. The van der Waals surface area contributed by atoms with Crippen LogP contribution in [0.2, 0.25) is 0 Å². The molecule has 1 atom stereocenters. The molecule has 110 valence electrons. The predicted molar refractivity (Wildman–Crippen MR) is 80.9 cm³/mol. The Balaban J connectivity index is 2.00. The number of rotatable bonds is 2. The molecule has 0 aliphatic carbocycles. The zero-order valence-corrected chi connectivity index (χ0v) is 12.5. The molecule has 1 aromatic rings. The van der Waals surface area contributed by atoms with Crippen molar-refractivity contribution in [2.75, 3.05) is 11.9 Å². The molecule has 1 aromatic carbocycles. The second-order valence-corrected chi connectivity index (χ2v) is 6.25. The van der Waals surface area contributed by atoms with Gasteiger partial charge >= 0.3 is 6.09 Å². The summed E-state index contributed by atoms with van der Waals surface area (Å²) >= 11 is 0. The molecule has 0 bridgehead atoms. The van der Waals surface area contributed by atoms with E-state index in [1.165, 1.54) is 18.4 Å². The Labute approximate surface area is 120 Å². The number of amides is 1. The lowest BCUT2D eigenvalue weighted by Crippen LogP contribution is -2.28. The van der Waals surface area contributed by atoms with Gasteiger partial charge < -0.3 is 10.1 Å². The first-order valence-electron chi connectivity index (χ1n) is 7.27. The standard InChI is InChI=1S/C16H24N2O2/c1-16(2,3)20-15(19)18-13-8-6-7-12(11-13)14-9-4-5-10-17-14/h6-8,11,14,17H,4-5,9-10H2,1-3H3,(H,18,19). The van der Waals surface area contributed by atoms with Gasteiger partial charge in [0.25, 0.3) is 0 Å². The number of nitrogens with one attached hydrogen (secondary N) is 2. The van der Waals surface area contributed by atoms with Crippen LogP contribution in [0.4, 0.5) is 10.5 Å². The molecular weight excluding hydrogens is 252 g/mol. The molecule has 1 unspecified atom stereocenters. The van der Waals surface area contributed by atoms with Crippen LogP contribution < -0.4 is 10.6 Å². The zero-order valence-electron chi connectivity index (χ0n) is 12.5. The van der Waals surface area contributed by atoms with E-state index in [0.29, 0.717) is 6.04 Å². The quantitative estimate of drug-likeness (QED) is 0.862. The molecule has 1 aliphatic rings. The number of ether oxygens (including phenoxy) is 1. The van der Waals surface area contributed by atoms with Gasteiger partial charge in [0.05, 0.1) is 0 Å². The summed E-state index contributed by atoms with van der Waals surface area (Å²) in [6.07, 6.45) is 3.23. The molecule has 2 N–H and O–H groups in total. The van der Waals surface area contributed by atoms with Crippen LogP contribution in [-0.2, 0) is 4.74 Å². The highest BCUT2D eigenvalue weighted by Gasteiger charge is 2.17. The summed E-state index contributed by atoms with van der Waals surface area (Å²) in [6.45, 7) is 6.63. The Kier molecular flexibility index (Phi) is 4.65. The van der Waals surface area contributed by atoms with Crippen molar-refractivity contribution in [1.82, 2.24) is 5.32 Å². The molecule has 20 heavy (non-hydrogen) atoms. The fourth-order valence-electron chi connectivity index (χ4n) is 2.39. The Morgan fingerprint density at radius 1 is 1.35 bits per heavy atom. The van der Waals surface area contributed by atoms with Crippen LogP contribution in [0.25, 0.3) is 0 Å². The average Bonchev–Trinajstić information content (AvgIpc) is 2.38. The zero-order chi connectivity index (χ0) is 14.6. The maximum absolute atomic E-state index is 11.8. The van der Waals surface area contributed by atoms with Gasteiger partial charge in [0.1, 0.15) is 5.60 Å². The van der Waals surface area contributed by atoms with Crippen molar-refractivity contribution in [2.24, 2.45) is 0 Å². The molecule has 1 aliphatic heterocycles. The van der Waals surface area contributed by atoms with E-state index >= 15 is 0 Å². The van der Waals surface area contributed by atoms with Gasteiger partial charge in [-0.2, -0.15) is 0 Å². The van der Waals surface area contributed by atoms with E-state index in [0.717, 1.165) is 18.7 Å². The van der Waals surface area contributed by atoms with Gasteiger partial charge in [0, 0.05) is 11.7 Å². The number of anilines is 1. The minimum atomic E-state index is -0.480.